The predicted molar refractivity (Wildman–Crippen MR) is 139 cm³/mol. The number of piperazine rings is 1. The zero-order chi connectivity index (χ0) is 24.9. The number of hydrogen-bond acceptors (Lipinski definition) is 5. The number of carbonyl (C=O) groups is 1. The Hall–Kier alpha value is -3.61. The van der Waals surface area contributed by atoms with E-state index >= 15 is 0 Å². The molecule has 1 saturated heterocycles. The van der Waals surface area contributed by atoms with Gasteiger partial charge in [-0.2, -0.15) is 5.10 Å². The van der Waals surface area contributed by atoms with Gasteiger partial charge in [-0.1, -0.05) is 12.1 Å². The fourth-order valence-corrected chi connectivity index (χ4v) is 4.99. The number of fused-ring (bicyclic) bond motifs is 1. The molecular weight excluding hydrogens is 438 g/mol. The number of pyridine rings is 1. The van der Waals surface area contributed by atoms with Crippen LogP contribution in [0, 0.1) is 27.7 Å². The molecule has 7 heteroatoms. The molecule has 0 saturated carbocycles. The number of anilines is 1. The van der Waals surface area contributed by atoms with Gasteiger partial charge in [-0.15, -0.1) is 0 Å². The van der Waals surface area contributed by atoms with Gasteiger partial charge < -0.3 is 14.2 Å². The van der Waals surface area contributed by atoms with Crippen molar-refractivity contribution in [3.05, 3.63) is 64.7 Å². The molecule has 35 heavy (non-hydrogen) atoms. The van der Waals surface area contributed by atoms with Crippen LogP contribution in [0.1, 0.15) is 52.9 Å². The third-order valence-electron chi connectivity index (χ3n) is 7.09. The van der Waals surface area contributed by atoms with Crippen LogP contribution in [0.2, 0.25) is 0 Å². The molecule has 0 atom stereocenters. The Balaban J connectivity index is 1.49. The summed E-state index contributed by atoms with van der Waals surface area (Å²) in [6.45, 7) is 15.3. The molecule has 1 amide bonds. The van der Waals surface area contributed by atoms with E-state index < -0.39 is 0 Å². The molecule has 4 aromatic rings. The fourth-order valence-electron chi connectivity index (χ4n) is 4.99. The van der Waals surface area contributed by atoms with Crippen molar-refractivity contribution in [3.8, 4) is 11.3 Å². The maximum absolute atomic E-state index is 13.8. The quantitative estimate of drug-likeness (QED) is 0.395. The van der Waals surface area contributed by atoms with Gasteiger partial charge in [0, 0.05) is 43.5 Å². The van der Waals surface area contributed by atoms with Gasteiger partial charge in [-0.3, -0.25) is 4.79 Å². The molecule has 0 radical (unpaired) electrons. The number of furan rings is 1. The number of hydrogen-bond donors (Lipinski definition) is 0. The van der Waals surface area contributed by atoms with Crippen LogP contribution in [0.3, 0.4) is 0 Å². The van der Waals surface area contributed by atoms with Crippen LogP contribution in [0.25, 0.3) is 22.3 Å². The Morgan fingerprint density at radius 1 is 1.03 bits per heavy atom. The van der Waals surface area contributed by atoms with Gasteiger partial charge in [-0.25, -0.2) is 9.67 Å². The third-order valence-corrected chi connectivity index (χ3v) is 7.09. The van der Waals surface area contributed by atoms with E-state index in [1.165, 1.54) is 16.8 Å². The highest BCUT2D eigenvalue weighted by Gasteiger charge is 2.27. The monoisotopic (exact) mass is 471 g/mol. The van der Waals surface area contributed by atoms with Crippen molar-refractivity contribution in [1.29, 1.82) is 0 Å². The van der Waals surface area contributed by atoms with Gasteiger partial charge in [0.1, 0.15) is 11.5 Å². The average molecular weight is 472 g/mol. The van der Waals surface area contributed by atoms with E-state index in [9.17, 15) is 4.79 Å². The Kier molecular flexibility index (Phi) is 5.87. The van der Waals surface area contributed by atoms with Gasteiger partial charge in [0.15, 0.2) is 5.65 Å². The fraction of sp³-hybridized carbons (Fsp3) is 0.393. The van der Waals surface area contributed by atoms with Crippen LogP contribution in [0.15, 0.2) is 40.9 Å². The van der Waals surface area contributed by atoms with Crippen LogP contribution < -0.4 is 4.90 Å². The lowest BCUT2D eigenvalue weighted by molar-refractivity contribution is 0.0748. The Bertz CT molecular complexity index is 1410. The summed E-state index contributed by atoms with van der Waals surface area (Å²) < 4.78 is 7.65. The molecule has 182 valence electrons. The maximum Gasteiger partial charge on any atom is 0.254 e. The number of nitrogens with zero attached hydrogens (tertiary/aromatic N) is 5. The van der Waals surface area contributed by atoms with E-state index in [1.807, 2.05) is 35.6 Å². The third kappa shape index (κ3) is 4.09. The van der Waals surface area contributed by atoms with Gasteiger partial charge in [0.2, 0.25) is 0 Å². The van der Waals surface area contributed by atoms with E-state index in [1.54, 1.807) is 6.20 Å². The number of benzene rings is 1. The van der Waals surface area contributed by atoms with Gasteiger partial charge in [0.05, 0.1) is 22.8 Å². The summed E-state index contributed by atoms with van der Waals surface area (Å²) >= 11 is 0. The second kappa shape index (κ2) is 8.87. The summed E-state index contributed by atoms with van der Waals surface area (Å²) in [4.78, 5) is 23.1. The van der Waals surface area contributed by atoms with E-state index in [0.717, 1.165) is 46.9 Å². The standard InChI is InChI=1S/C28H33N5O2/c1-17(2)33-27-24(16-29-33)23(15-25(30-27)22-14-19(4)35-21(22)6)28(34)32-12-10-31(11-13-32)26-9-7-8-18(3)20(26)5/h7-9,14-17H,10-13H2,1-6H3. The zero-order valence-corrected chi connectivity index (χ0v) is 21.4. The molecule has 0 bridgehead atoms. The van der Waals surface area contributed by atoms with E-state index in [2.05, 4.69) is 55.9 Å². The second-order valence-corrected chi connectivity index (χ2v) is 9.80. The molecule has 0 aliphatic carbocycles. The number of aryl methyl sites for hydroxylation is 3. The lowest BCUT2D eigenvalue weighted by Gasteiger charge is -2.37. The largest absolute Gasteiger partial charge is 0.466 e. The summed E-state index contributed by atoms with van der Waals surface area (Å²) in [5, 5.41) is 5.36. The van der Waals surface area contributed by atoms with Crippen molar-refractivity contribution in [1.82, 2.24) is 19.7 Å². The first kappa shape index (κ1) is 23.1. The number of amides is 1. The summed E-state index contributed by atoms with van der Waals surface area (Å²) in [7, 11) is 0. The molecule has 1 aliphatic heterocycles. The summed E-state index contributed by atoms with van der Waals surface area (Å²) in [5.41, 5.74) is 6.89. The van der Waals surface area contributed by atoms with Gasteiger partial charge in [-0.05, 0) is 70.9 Å². The zero-order valence-electron chi connectivity index (χ0n) is 21.4. The minimum Gasteiger partial charge on any atom is -0.466 e. The van der Waals surface area contributed by atoms with Crippen LogP contribution >= 0.6 is 0 Å². The smallest absolute Gasteiger partial charge is 0.254 e. The SMILES string of the molecule is Cc1cc(-c2cc(C(=O)N3CCN(c4cccc(C)c4C)CC3)c3cnn(C(C)C)c3n2)c(C)o1. The number of carbonyl (C=O) groups excluding carboxylic acids is 1. The molecule has 7 nitrogen and oxygen atoms in total. The van der Waals surface area contributed by atoms with Crippen molar-refractivity contribution >= 4 is 22.6 Å². The molecule has 1 aliphatic rings. The number of rotatable bonds is 4. The van der Waals surface area contributed by atoms with E-state index in [4.69, 9.17) is 9.40 Å². The molecule has 1 aromatic carbocycles. The van der Waals surface area contributed by atoms with Crippen molar-refractivity contribution in [2.45, 2.75) is 47.6 Å². The first-order valence-electron chi connectivity index (χ1n) is 12.3. The first-order chi connectivity index (χ1) is 16.7. The number of aromatic nitrogens is 3. The molecule has 1 fully saturated rings. The molecule has 4 heterocycles. The molecule has 0 unspecified atom stereocenters. The van der Waals surface area contributed by atoms with Gasteiger partial charge in [0.25, 0.3) is 5.91 Å². The van der Waals surface area contributed by atoms with Crippen molar-refractivity contribution < 1.29 is 9.21 Å². The Labute approximate surface area is 206 Å². The summed E-state index contributed by atoms with van der Waals surface area (Å²) in [5.74, 6) is 1.65. The molecule has 5 rings (SSSR count). The van der Waals surface area contributed by atoms with Crippen LogP contribution in [0.4, 0.5) is 5.69 Å². The second-order valence-electron chi connectivity index (χ2n) is 9.80. The molecule has 0 spiro atoms. The van der Waals surface area contributed by atoms with Crippen LogP contribution in [-0.4, -0.2) is 51.8 Å². The molecule has 0 N–H and O–H groups in total. The first-order valence-corrected chi connectivity index (χ1v) is 12.3. The minimum atomic E-state index is 0.0282. The lowest BCUT2D eigenvalue weighted by atomic mass is 10.0. The highest BCUT2D eigenvalue weighted by atomic mass is 16.3. The van der Waals surface area contributed by atoms with Crippen molar-refractivity contribution in [2.24, 2.45) is 0 Å². The van der Waals surface area contributed by atoms with E-state index in [-0.39, 0.29) is 11.9 Å². The predicted octanol–water partition coefficient (Wildman–Crippen LogP) is 5.47. The lowest BCUT2D eigenvalue weighted by Crippen LogP contribution is -2.49. The average Bonchev–Trinajstić information content (AvgIpc) is 3.42. The van der Waals surface area contributed by atoms with E-state index in [0.29, 0.717) is 18.7 Å². The Morgan fingerprint density at radius 2 is 1.77 bits per heavy atom. The summed E-state index contributed by atoms with van der Waals surface area (Å²) in [6, 6.07) is 10.4. The molecular formula is C28H33N5O2. The topological polar surface area (TPSA) is 67.4 Å². The van der Waals surface area contributed by atoms with Crippen molar-refractivity contribution in [3.63, 3.8) is 0 Å². The Morgan fingerprint density at radius 3 is 2.43 bits per heavy atom. The summed E-state index contributed by atoms with van der Waals surface area (Å²) in [6.07, 6.45) is 1.78. The maximum atomic E-state index is 13.8. The minimum absolute atomic E-state index is 0.0282. The highest BCUT2D eigenvalue weighted by molar-refractivity contribution is 6.06. The highest BCUT2D eigenvalue weighted by Crippen LogP contribution is 2.31. The molecule has 3 aromatic heterocycles. The van der Waals surface area contributed by atoms with Gasteiger partial charge >= 0.3 is 0 Å². The normalized spacial score (nSPS) is 14.4. The van der Waals surface area contributed by atoms with Crippen LogP contribution in [-0.2, 0) is 0 Å². The van der Waals surface area contributed by atoms with Crippen molar-refractivity contribution in [2.75, 3.05) is 31.1 Å². The van der Waals surface area contributed by atoms with Crippen LogP contribution in [0.5, 0.6) is 0 Å².